The number of sulfonamides is 1. The predicted octanol–water partition coefficient (Wildman–Crippen LogP) is -0.0857. The van der Waals surface area contributed by atoms with Gasteiger partial charge in [0.05, 0.1) is 22.2 Å². The molecule has 1 amide bonds. The van der Waals surface area contributed by atoms with Gasteiger partial charge in [-0.05, 0) is 18.2 Å². The predicted molar refractivity (Wildman–Crippen MR) is 74.1 cm³/mol. The Kier molecular flexibility index (Phi) is 4.61. The molecule has 2 rings (SSSR count). The summed E-state index contributed by atoms with van der Waals surface area (Å²) in [5.41, 5.74) is 0.178. The Balaban J connectivity index is 2.18. The molecule has 0 saturated carbocycles. The van der Waals surface area contributed by atoms with E-state index in [4.69, 9.17) is 21.5 Å². The van der Waals surface area contributed by atoms with Gasteiger partial charge in [-0.15, -0.1) is 0 Å². The normalized spacial score (nSPS) is 19.6. The third-order valence-corrected chi connectivity index (χ3v) is 3.98. The van der Waals surface area contributed by atoms with E-state index in [1.54, 1.807) is 0 Å². The first kappa shape index (κ1) is 15.2. The van der Waals surface area contributed by atoms with Gasteiger partial charge in [0.1, 0.15) is 6.10 Å². The molecule has 1 aromatic rings. The number of amides is 1. The lowest BCUT2D eigenvalue weighted by molar-refractivity contribution is -0.128. The number of anilines is 1. The van der Waals surface area contributed by atoms with Crippen molar-refractivity contribution >= 4 is 33.2 Å². The minimum atomic E-state index is -3.86. The smallest absolute Gasteiger partial charge is 0.254 e. The number of ether oxygens (including phenoxy) is 1. The maximum absolute atomic E-state index is 12.0. The van der Waals surface area contributed by atoms with Gasteiger partial charge in [0.15, 0.2) is 0 Å². The average molecular weight is 320 g/mol. The summed E-state index contributed by atoms with van der Waals surface area (Å²) in [6, 6.07) is 3.84. The summed E-state index contributed by atoms with van der Waals surface area (Å²) in [5, 5.41) is 10.8. The van der Waals surface area contributed by atoms with E-state index in [2.05, 4.69) is 10.6 Å². The Morgan fingerprint density at radius 3 is 2.85 bits per heavy atom. The molecule has 1 aliphatic rings. The van der Waals surface area contributed by atoms with Crippen molar-refractivity contribution in [3.8, 4) is 0 Å². The lowest BCUT2D eigenvalue weighted by Gasteiger charge is -2.23. The Labute approximate surface area is 121 Å². The molecule has 1 aromatic carbocycles. The zero-order valence-electron chi connectivity index (χ0n) is 10.4. The number of nitrogens with one attached hydrogen (secondary N) is 2. The highest BCUT2D eigenvalue weighted by molar-refractivity contribution is 7.89. The molecule has 0 aromatic heterocycles. The zero-order chi connectivity index (χ0) is 14.8. The van der Waals surface area contributed by atoms with Crippen LogP contribution in [0.15, 0.2) is 23.1 Å². The van der Waals surface area contributed by atoms with Crippen LogP contribution in [0.3, 0.4) is 0 Å². The van der Waals surface area contributed by atoms with Crippen LogP contribution in [0.4, 0.5) is 5.69 Å². The monoisotopic (exact) mass is 319 g/mol. The number of carbonyl (C=O) groups is 1. The molecule has 0 spiro atoms. The molecular formula is C11H14ClN3O4S. The molecule has 1 unspecified atom stereocenters. The number of hydrogen-bond donors (Lipinski definition) is 3. The molecule has 1 atom stereocenters. The molecule has 1 aliphatic heterocycles. The Hall–Kier alpha value is -1.19. The Morgan fingerprint density at radius 1 is 1.50 bits per heavy atom. The molecule has 4 N–H and O–H groups in total. The molecule has 1 heterocycles. The van der Waals surface area contributed by atoms with E-state index >= 15 is 0 Å². The fourth-order valence-corrected chi connectivity index (χ4v) is 2.43. The molecule has 1 saturated heterocycles. The minimum Gasteiger partial charge on any atom is -0.366 e. The standard InChI is InChI=1S/C11H14ClN3O4S/c12-8-2-1-7(20(13,17)18)5-9(8)15-11(16)10-6-14-3-4-19-10/h1-2,5,10,14H,3-4,6H2,(H,15,16)(H2,13,17,18). The molecule has 0 radical (unpaired) electrons. The average Bonchev–Trinajstić information content (AvgIpc) is 2.41. The largest absolute Gasteiger partial charge is 0.366 e. The van der Waals surface area contributed by atoms with E-state index in [0.717, 1.165) is 0 Å². The Bertz CT molecular complexity index is 614. The van der Waals surface area contributed by atoms with Gasteiger partial charge < -0.3 is 15.4 Å². The van der Waals surface area contributed by atoms with Crippen molar-refractivity contribution in [1.82, 2.24) is 5.32 Å². The molecular weight excluding hydrogens is 306 g/mol. The van der Waals surface area contributed by atoms with Gasteiger partial charge in [0.2, 0.25) is 10.0 Å². The summed E-state index contributed by atoms with van der Waals surface area (Å²) < 4.78 is 27.8. The molecule has 7 nitrogen and oxygen atoms in total. The number of carbonyl (C=O) groups excluding carboxylic acids is 1. The number of nitrogens with two attached hydrogens (primary N) is 1. The van der Waals surface area contributed by atoms with Crippen molar-refractivity contribution in [1.29, 1.82) is 0 Å². The summed E-state index contributed by atoms with van der Waals surface area (Å²) in [4.78, 5) is 11.8. The molecule has 9 heteroatoms. The van der Waals surface area contributed by atoms with Crippen molar-refractivity contribution < 1.29 is 17.9 Å². The van der Waals surface area contributed by atoms with Crippen LogP contribution in [0.1, 0.15) is 0 Å². The van der Waals surface area contributed by atoms with E-state index < -0.39 is 22.0 Å². The van der Waals surface area contributed by atoms with Crippen LogP contribution in [0, 0.1) is 0 Å². The van der Waals surface area contributed by atoms with E-state index in [9.17, 15) is 13.2 Å². The van der Waals surface area contributed by atoms with Crippen LogP contribution in [0.25, 0.3) is 0 Å². The highest BCUT2D eigenvalue weighted by Gasteiger charge is 2.22. The van der Waals surface area contributed by atoms with E-state index in [1.807, 2.05) is 0 Å². The van der Waals surface area contributed by atoms with Gasteiger partial charge in [-0.2, -0.15) is 0 Å². The van der Waals surface area contributed by atoms with E-state index in [-0.39, 0.29) is 15.6 Å². The Morgan fingerprint density at radius 2 is 2.25 bits per heavy atom. The molecule has 0 aliphatic carbocycles. The van der Waals surface area contributed by atoms with Gasteiger partial charge in [0, 0.05) is 13.1 Å². The van der Waals surface area contributed by atoms with Crippen molar-refractivity contribution in [3.05, 3.63) is 23.2 Å². The van der Waals surface area contributed by atoms with Crippen LogP contribution >= 0.6 is 11.6 Å². The van der Waals surface area contributed by atoms with Crippen molar-refractivity contribution in [2.24, 2.45) is 5.14 Å². The van der Waals surface area contributed by atoms with E-state index in [0.29, 0.717) is 19.7 Å². The molecule has 20 heavy (non-hydrogen) atoms. The van der Waals surface area contributed by atoms with Gasteiger partial charge in [-0.3, -0.25) is 4.79 Å². The van der Waals surface area contributed by atoms with Crippen LogP contribution in [0.2, 0.25) is 5.02 Å². The van der Waals surface area contributed by atoms with Gasteiger partial charge in [-0.25, -0.2) is 13.6 Å². The number of morpholine rings is 1. The fraction of sp³-hybridized carbons (Fsp3) is 0.364. The van der Waals surface area contributed by atoms with Crippen LogP contribution in [-0.2, 0) is 19.6 Å². The first-order valence-corrected chi connectivity index (χ1v) is 7.76. The van der Waals surface area contributed by atoms with Crippen molar-refractivity contribution in [2.75, 3.05) is 25.0 Å². The second-order valence-electron chi connectivity index (χ2n) is 4.24. The summed E-state index contributed by atoms with van der Waals surface area (Å²) in [6.07, 6.45) is -0.641. The molecule has 0 bridgehead atoms. The second kappa shape index (κ2) is 6.06. The van der Waals surface area contributed by atoms with Crippen LogP contribution in [0.5, 0.6) is 0 Å². The number of hydrogen-bond acceptors (Lipinski definition) is 5. The minimum absolute atomic E-state index is 0.125. The zero-order valence-corrected chi connectivity index (χ0v) is 12.0. The summed E-state index contributed by atoms with van der Waals surface area (Å²) in [7, 11) is -3.86. The van der Waals surface area contributed by atoms with Gasteiger partial charge >= 0.3 is 0 Å². The quantitative estimate of drug-likeness (QED) is 0.721. The number of benzene rings is 1. The number of rotatable bonds is 3. The van der Waals surface area contributed by atoms with Gasteiger partial charge in [0.25, 0.3) is 5.91 Å². The number of primary sulfonamides is 1. The maximum Gasteiger partial charge on any atom is 0.254 e. The number of halogens is 1. The van der Waals surface area contributed by atoms with Crippen LogP contribution in [-0.4, -0.2) is 40.1 Å². The first-order valence-electron chi connectivity index (χ1n) is 5.83. The second-order valence-corrected chi connectivity index (χ2v) is 6.21. The molecule has 110 valence electrons. The highest BCUT2D eigenvalue weighted by Crippen LogP contribution is 2.25. The highest BCUT2D eigenvalue weighted by atomic mass is 35.5. The van der Waals surface area contributed by atoms with Crippen molar-refractivity contribution in [2.45, 2.75) is 11.0 Å². The van der Waals surface area contributed by atoms with Gasteiger partial charge in [-0.1, -0.05) is 11.6 Å². The summed E-state index contributed by atoms with van der Waals surface area (Å²) in [5.74, 6) is -0.398. The molecule has 1 fully saturated rings. The SMILES string of the molecule is NS(=O)(=O)c1ccc(Cl)c(NC(=O)C2CNCCO2)c1. The summed E-state index contributed by atoms with van der Waals surface area (Å²) >= 11 is 5.92. The maximum atomic E-state index is 12.0. The third kappa shape index (κ3) is 3.68. The fourth-order valence-electron chi connectivity index (χ4n) is 1.72. The van der Waals surface area contributed by atoms with Crippen LogP contribution < -0.4 is 15.8 Å². The lowest BCUT2D eigenvalue weighted by Crippen LogP contribution is -2.45. The van der Waals surface area contributed by atoms with Crippen molar-refractivity contribution in [3.63, 3.8) is 0 Å². The summed E-state index contributed by atoms with van der Waals surface area (Å²) in [6.45, 7) is 1.51. The third-order valence-electron chi connectivity index (χ3n) is 2.74. The topological polar surface area (TPSA) is 111 Å². The lowest BCUT2D eigenvalue weighted by atomic mass is 10.2. The van der Waals surface area contributed by atoms with E-state index in [1.165, 1.54) is 18.2 Å². The first-order chi connectivity index (χ1) is 9.38.